The zero-order chi connectivity index (χ0) is 9.80. The van der Waals surface area contributed by atoms with Crippen molar-refractivity contribution in [1.29, 1.82) is 0 Å². The Hall–Kier alpha value is -0.590. The molecule has 2 atom stereocenters. The zero-order valence-electron chi connectivity index (χ0n) is 8.98. The molecule has 0 aliphatic heterocycles. The molecule has 0 aromatic heterocycles. The van der Waals surface area contributed by atoms with Gasteiger partial charge in [0.2, 0.25) is 0 Å². The minimum absolute atomic E-state index is 0.0739. The number of carbonyl (C=O) groups is 1. The van der Waals surface area contributed by atoms with Gasteiger partial charge in [0.05, 0.1) is 0 Å². The van der Waals surface area contributed by atoms with E-state index in [4.69, 9.17) is 0 Å². The summed E-state index contributed by atoms with van der Waals surface area (Å²) in [6, 6.07) is 0. The molecule has 0 N–H and O–H groups in total. The largest absolute Gasteiger partial charge is 0.299 e. The lowest BCUT2D eigenvalue weighted by atomic mass is 9.72. The lowest BCUT2D eigenvalue weighted by molar-refractivity contribution is -0.129. The van der Waals surface area contributed by atoms with Crippen LogP contribution >= 0.6 is 0 Å². The average Bonchev–Trinajstić information content (AvgIpc) is 2.52. The molecule has 0 aromatic carbocycles. The van der Waals surface area contributed by atoms with Crippen LogP contribution in [0.3, 0.4) is 0 Å². The maximum atomic E-state index is 11.8. The van der Waals surface area contributed by atoms with E-state index in [-0.39, 0.29) is 5.41 Å². The van der Waals surface area contributed by atoms with Crippen LogP contribution in [0.25, 0.3) is 0 Å². The van der Waals surface area contributed by atoms with Gasteiger partial charge in [-0.1, -0.05) is 25.0 Å². The first-order valence-electron chi connectivity index (χ1n) is 5.15. The number of fused-ring (bicyclic) bond motifs is 2. The van der Waals surface area contributed by atoms with Crippen LogP contribution in [0, 0.1) is 17.3 Å². The van der Waals surface area contributed by atoms with Gasteiger partial charge >= 0.3 is 0 Å². The summed E-state index contributed by atoms with van der Waals surface area (Å²) in [4.78, 5) is 11.8. The van der Waals surface area contributed by atoms with E-state index in [1.54, 1.807) is 5.57 Å². The molecule has 0 aromatic rings. The van der Waals surface area contributed by atoms with Crippen LogP contribution in [0.15, 0.2) is 11.1 Å². The fraction of sp³-hybridized carbons (Fsp3) is 0.750. The molecule has 2 saturated carbocycles. The summed E-state index contributed by atoms with van der Waals surface area (Å²) in [6.07, 6.45) is 2.17. The Kier molecular flexibility index (Phi) is 1.70. The molecule has 2 aliphatic rings. The van der Waals surface area contributed by atoms with E-state index < -0.39 is 0 Å². The summed E-state index contributed by atoms with van der Waals surface area (Å²) in [5, 5.41) is 0. The predicted molar refractivity (Wildman–Crippen MR) is 53.4 cm³/mol. The van der Waals surface area contributed by atoms with Crippen molar-refractivity contribution in [2.24, 2.45) is 17.3 Å². The van der Waals surface area contributed by atoms with Crippen molar-refractivity contribution in [2.75, 3.05) is 0 Å². The minimum atomic E-state index is -0.0739. The van der Waals surface area contributed by atoms with Crippen molar-refractivity contribution in [3.05, 3.63) is 11.1 Å². The van der Waals surface area contributed by atoms with Crippen LogP contribution < -0.4 is 0 Å². The molecule has 1 nitrogen and oxygen atoms in total. The topological polar surface area (TPSA) is 17.1 Å². The molecule has 0 heterocycles. The third-order valence-corrected chi connectivity index (χ3v) is 3.93. The maximum absolute atomic E-state index is 11.8. The number of hydrogen-bond acceptors (Lipinski definition) is 1. The van der Waals surface area contributed by atoms with Gasteiger partial charge < -0.3 is 0 Å². The Morgan fingerprint density at radius 3 is 2.38 bits per heavy atom. The highest BCUT2D eigenvalue weighted by atomic mass is 16.1. The fourth-order valence-electron chi connectivity index (χ4n) is 3.10. The molecular formula is C12H18O. The van der Waals surface area contributed by atoms with E-state index in [9.17, 15) is 4.79 Å². The predicted octanol–water partition coefficient (Wildman–Crippen LogP) is 2.96. The van der Waals surface area contributed by atoms with Crippen molar-refractivity contribution in [2.45, 2.75) is 40.5 Å². The highest BCUT2D eigenvalue weighted by Crippen LogP contribution is 2.56. The van der Waals surface area contributed by atoms with E-state index >= 15 is 0 Å². The monoisotopic (exact) mass is 178 g/mol. The van der Waals surface area contributed by atoms with Gasteiger partial charge in [-0.3, -0.25) is 4.79 Å². The number of hydrogen-bond donors (Lipinski definition) is 0. The van der Waals surface area contributed by atoms with Gasteiger partial charge in [-0.25, -0.2) is 0 Å². The second-order valence-corrected chi connectivity index (χ2v) is 5.30. The standard InChI is InChI=1S/C12H18O/c1-7(2)9-5-8-6-10(9)12(3,4)11(8)13/h8,10H,5-6H2,1-4H3/t8-,10-/m1/s1. The first kappa shape index (κ1) is 8.98. The van der Waals surface area contributed by atoms with E-state index in [0.717, 1.165) is 12.8 Å². The van der Waals surface area contributed by atoms with Crippen LogP contribution in [-0.4, -0.2) is 5.78 Å². The fourth-order valence-corrected chi connectivity index (χ4v) is 3.10. The number of rotatable bonds is 0. The van der Waals surface area contributed by atoms with Crippen LogP contribution in [0.4, 0.5) is 0 Å². The number of carbonyl (C=O) groups excluding carboxylic acids is 1. The van der Waals surface area contributed by atoms with E-state index in [2.05, 4.69) is 27.7 Å². The normalized spacial score (nSPS) is 35.7. The Labute approximate surface area is 80.2 Å². The van der Waals surface area contributed by atoms with Crippen molar-refractivity contribution in [3.63, 3.8) is 0 Å². The number of ketones is 1. The van der Waals surface area contributed by atoms with Crippen molar-refractivity contribution < 1.29 is 4.79 Å². The van der Waals surface area contributed by atoms with Gasteiger partial charge in [0.25, 0.3) is 0 Å². The minimum Gasteiger partial charge on any atom is -0.299 e. The second kappa shape index (κ2) is 2.46. The van der Waals surface area contributed by atoms with Gasteiger partial charge in [-0.05, 0) is 32.6 Å². The van der Waals surface area contributed by atoms with Crippen LogP contribution in [0.1, 0.15) is 40.5 Å². The van der Waals surface area contributed by atoms with E-state index in [1.807, 2.05) is 0 Å². The molecule has 2 bridgehead atoms. The van der Waals surface area contributed by atoms with E-state index in [1.165, 1.54) is 5.57 Å². The third-order valence-electron chi connectivity index (χ3n) is 3.93. The highest BCUT2D eigenvalue weighted by molar-refractivity contribution is 5.91. The lowest BCUT2D eigenvalue weighted by Gasteiger charge is -2.31. The molecule has 1 heteroatoms. The Balaban J connectivity index is 2.42. The van der Waals surface area contributed by atoms with Gasteiger partial charge in [-0.2, -0.15) is 0 Å². The molecule has 0 unspecified atom stereocenters. The Bertz CT molecular complexity index is 292. The SMILES string of the molecule is CC(C)=C1C[C@@H]2C[C@H]1C(C)(C)C2=O. The molecule has 0 amide bonds. The lowest BCUT2D eigenvalue weighted by Crippen LogP contribution is -2.32. The maximum Gasteiger partial charge on any atom is 0.142 e. The molecule has 2 rings (SSSR count). The molecule has 0 spiro atoms. The Morgan fingerprint density at radius 1 is 1.38 bits per heavy atom. The van der Waals surface area contributed by atoms with Gasteiger partial charge in [0, 0.05) is 11.3 Å². The highest BCUT2D eigenvalue weighted by Gasteiger charge is 2.54. The van der Waals surface area contributed by atoms with Crippen molar-refractivity contribution >= 4 is 5.78 Å². The van der Waals surface area contributed by atoms with Crippen LogP contribution in [0.5, 0.6) is 0 Å². The molecule has 0 saturated heterocycles. The molecular weight excluding hydrogens is 160 g/mol. The van der Waals surface area contributed by atoms with Gasteiger partial charge in [0.15, 0.2) is 0 Å². The third kappa shape index (κ3) is 1.02. The molecule has 2 aliphatic carbocycles. The molecule has 13 heavy (non-hydrogen) atoms. The number of allylic oxidation sites excluding steroid dienone is 2. The van der Waals surface area contributed by atoms with Crippen LogP contribution in [0.2, 0.25) is 0 Å². The smallest absolute Gasteiger partial charge is 0.142 e. The summed E-state index contributed by atoms with van der Waals surface area (Å²) in [7, 11) is 0. The van der Waals surface area contributed by atoms with Crippen LogP contribution in [-0.2, 0) is 4.79 Å². The molecule has 72 valence electrons. The first-order chi connectivity index (χ1) is 5.94. The van der Waals surface area contributed by atoms with Crippen molar-refractivity contribution in [3.8, 4) is 0 Å². The zero-order valence-corrected chi connectivity index (χ0v) is 8.98. The summed E-state index contributed by atoms with van der Waals surface area (Å²) in [6.45, 7) is 8.58. The Morgan fingerprint density at radius 2 is 2.00 bits per heavy atom. The quantitative estimate of drug-likeness (QED) is 0.521. The molecule has 0 radical (unpaired) electrons. The molecule has 2 fully saturated rings. The second-order valence-electron chi connectivity index (χ2n) is 5.30. The van der Waals surface area contributed by atoms with Crippen molar-refractivity contribution in [1.82, 2.24) is 0 Å². The van der Waals surface area contributed by atoms with E-state index in [0.29, 0.717) is 17.6 Å². The summed E-state index contributed by atoms with van der Waals surface area (Å²) >= 11 is 0. The average molecular weight is 178 g/mol. The van der Waals surface area contributed by atoms with Gasteiger partial charge in [0.1, 0.15) is 5.78 Å². The summed E-state index contributed by atoms with van der Waals surface area (Å²) in [5.74, 6) is 1.40. The van der Waals surface area contributed by atoms with Gasteiger partial charge in [-0.15, -0.1) is 0 Å². The summed E-state index contributed by atoms with van der Waals surface area (Å²) in [5.41, 5.74) is 2.93. The number of Topliss-reactive ketones (excluding diaryl/α,β-unsaturated/α-hetero) is 1. The first-order valence-corrected chi connectivity index (χ1v) is 5.15. The summed E-state index contributed by atoms with van der Waals surface area (Å²) < 4.78 is 0.